The Bertz CT molecular complexity index is 687. The lowest BCUT2D eigenvalue weighted by molar-refractivity contribution is -0.384. The third-order valence-corrected chi connectivity index (χ3v) is 2.98. The van der Waals surface area contributed by atoms with Crippen molar-refractivity contribution in [3.05, 3.63) is 63.2 Å². The topological polar surface area (TPSA) is 80.4 Å². The largest absolute Gasteiger partial charge is 0.478 e. The molecule has 102 valence electrons. The molecule has 0 radical (unpaired) electrons. The summed E-state index contributed by atoms with van der Waals surface area (Å²) in [4.78, 5) is 21.5. The number of aryl methyl sites for hydroxylation is 2. The van der Waals surface area contributed by atoms with Crippen LogP contribution in [0.4, 0.5) is 5.69 Å². The van der Waals surface area contributed by atoms with Gasteiger partial charge in [-0.2, -0.15) is 0 Å². The SMILES string of the molecule is Cc1cc(C)cc(-c2ccc([N+](=O)[O-])cc2C(=O)O)c1. The fraction of sp³-hybridized carbons (Fsp3) is 0.133. The molecule has 0 aromatic heterocycles. The molecule has 5 nitrogen and oxygen atoms in total. The van der Waals surface area contributed by atoms with Gasteiger partial charge >= 0.3 is 5.97 Å². The van der Waals surface area contributed by atoms with Crippen LogP contribution in [-0.4, -0.2) is 16.0 Å². The molecule has 0 amide bonds. The van der Waals surface area contributed by atoms with Gasteiger partial charge in [-0.1, -0.05) is 29.3 Å². The maximum absolute atomic E-state index is 11.3. The summed E-state index contributed by atoms with van der Waals surface area (Å²) in [6.45, 7) is 3.84. The number of carbonyl (C=O) groups is 1. The zero-order valence-electron chi connectivity index (χ0n) is 11.1. The second-order valence-corrected chi connectivity index (χ2v) is 4.67. The highest BCUT2D eigenvalue weighted by molar-refractivity contribution is 5.97. The van der Waals surface area contributed by atoms with E-state index in [1.165, 1.54) is 12.1 Å². The Kier molecular flexibility index (Phi) is 3.52. The van der Waals surface area contributed by atoms with E-state index in [0.717, 1.165) is 22.8 Å². The van der Waals surface area contributed by atoms with Crippen LogP contribution in [0.15, 0.2) is 36.4 Å². The number of nitro benzene ring substituents is 1. The number of carboxylic acids is 1. The fourth-order valence-electron chi connectivity index (χ4n) is 2.20. The monoisotopic (exact) mass is 271 g/mol. The van der Waals surface area contributed by atoms with E-state index in [1.807, 2.05) is 32.0 Å². The summed E-state index contributed by atoms with van der Waals surface area (Å²) < 4.78 is 0. The van der Waals surface area contributed by atoms with Gasteiger partial charge in [0.1, 0.15) is 0 Å². The molecule has 0 aliphatic rings. The van der Waals surface area contributed by atoms with Crippen molar-refractivity contribution >= 4 is 11.7 Å². The first-order valence-corrected chi connectivity index (χ1v) is 5.99. The van der Waals surface area contributed by atoms with Gasteiger partial charge in [0.25, 0.3) is 5.69 Å². The Morgan fingerprint density at radius 1 is 1.10 bits per heavy atom. The molecule has 0 spiro atoms. The van der Waals surface area contributed by atoms with E-state index < -0.39 is 10.9 Å². The van der Waals surface area contributed by atoms with E-state index >= 15 is 0 Å². The fourth-order valence-corrected chi connectivity index (χ4v) is 2.20. The second kappa shape index (κ2) is 5.13. The molecule has 0 unspecified atom stereocenters. The van der Waals surface area contributed by atoms with Gasteiger partial charge < -0.3 is 5.11 Å². The summed E-state index contributed by atoms with van der Waals surface area (Å²) in [5, 5.41) is 20.0. The molecule has 1 N–H and O–H groups in total. The van der Waals surface area contributed by atoms with Crippen molar-refractivity contribution in [2.45, 2.75) is 13.8 Å². The lowest BCUT2D eigenvalue weighted by Crippen LogP contribution is -2.01. The van der Waals surface area contributed by atoms with Gasteiger partial charge in [0.15, 0.2) is 0 Å². The average molecular weight is 271 g/mol. The summed E-state index contributed by atoms with van der Waals surface area (Å²) in [5.74, 6) is -1.18. The molecule has 20 heavy (non-hydrogen) atoms. The summed E-state index contributed by atoms with van der Waals surface area (Å²) in [7, 11) is 0. The quantitative estimate of drug-likeness (QED) is 0.683. The summed E-state index contributed by atoms with van der Waals surface area (Å²) >= 11 is 0. The minimum atomic E-state index is -1.18. The summed E-state index contributed by atoms with van der Waals surface area (Å²) in [6, 6.07) is 9.60. The molecule has 5 heteroatoms. The van der Waals surface area contributed by atoms with Crippen molar-refractivity contribution in [1.82, 2.24) is 0 Å². The molecular weight excluding hydrogens is 258 g/mol. The Morgan fingerprint density at radius 3 is 2.20 bits per heavy atom. The Balaban J connectivity index is 2.67. The summed E-state index contributed by atoms with van der Waals surface area (Å²) in [5.41, 5.74) is 2.95. The van der Waals surface area contributed by atoms with Gasteiger partial charge in [-0.15, -0.1) is 0 Å². The lowest BCUT2D eigenvalue weighted by atomic mass is 9.96. The first-order chi connectivity index (χ1) is 9.38. The number of hydrogen-bond donors (Lipinski definition) is 1. The Hall–Kier alpha value is -2.69. The molecule has 2 rings (SSSR count). The maximum Gasteiger partial charge on any atom is 0.336 e. The van der Waals surface area contributed by atoms with Crippen LogP contribution in [0.5, 0.6) is 0 Å². The number of carboxylic acid groups (broad SMARTS) is 1. The van der Waals surface area contributed by atoms with Gasteiger partial charge in [0.05, 0.1) is 10.5 Å². The van der Waals surface area contributed by atoms with Crippen LogP contribution in [0.2, 0.25) is 0 Å². The number of rotatable bonds is 3. The van der Waals surface area contributed by atoms with Crippen LogP contribution in [-0.2, 0) is 0 Å². The van der Waals surface area contributed by atoms with E-state index in [0.29, 0.717) is 5.56 Å². The molecule has 2 aromatic rings. The third-order valence-electron chi connectivity index (χ3n) is 2.98. The normalized spacial score (nSPS) is 10.3. The molecule has 0 heterocycles. The highest BCUT2D eigenvalue weighted by Gasteiger charge is 2.17. The van der Waals surface area contributed by atoms with Crippen molar-refractivity contribution in [2.75, 3.05) is 0 Å². The average Bonchev–Trinajstić information content (AvgIpc) is 2.36. The number of non-ortho nitro benzene ring substituents is 1. The van der Waals surface area contributed by atoms with Crippen LogP contribution in [0, 0.1) is 24.0 Å². The zero-order chi connectivity index (χ0) is 14.9. The standard InChI is InChI=1S/C15H13NO4/c1-9-5-10(2)7-11(6-9)13-4-3-12(16(19)20)8-14(13)15(17)18/h3-8H,1-2H3,(H,17,18). The highest BCUT2D eigenvalue weighted by Crippen LogP contribution is 2.29. The predicted octanol–water partition coefficient (Wildman–Crippen LogP) is 3.58. The summed E-state index contributed by atoms with van der Waals surface area (Å²) in [6.07, 6.45) is 0. The predicted molar refractivity (Wildman–Crippen MR) is 75.0 cm³/mol. The molecule has 0 fully saturated rings. The van der Waals surface area contributed by atoms with Gasteiger partial charge in [-0.25, -0.2) is 4.79 Å². The highest BCUT2D eigenvalue weighted by atomic mass is 16.6. The molecule has 0 atom stereocenters. The van der Waals surface area contributed by atoms with E-state index in [1.54, 1.807) is 0 Å². The second-order valence-electron chi connectivity index (χ2n) is 4.67. The van der Waals surface area contributed by atoms with Crippen LogP contribution in [0.3, 0.4) is 0 Å². The number of nitrogens with zero attached hydrogens (tertiary/aromatic N) is 1. The van der Waals surface area contributed by atoms with Gasteiger partial charge in [-0.3, -0.25) is 10.1 Å². The molecular formula is C15H13NO4. The Labute approximate surface area is 115 Å². The molecule has 2 aromatic carbocycles. The first kappa shape index (κ1) is 13.7. The molecule has 0 aliphatic heterocycles. The zero-order valence-corrected chi connectivity index (χ0v) is 11.1. The van der Waals surface area contributed by atoms with Crippen LogP contribution in [0.25, 0.3) is 11.1 Å². The Morgan fingerprint density at radius 2 is 1.70 bits per heavy atom. The van der Waals surface area contributed by atoms with E-state index in [4.69, 9.17) is 0 Å². The van der Waals surface area contributed by atoms with Crippen LogP contribution >= 0.6 is 0 Å². The minimum Gasteiger partial charge on any atom is -0.478 e. The number of hydrogen-bond acceptors (Lipinski definition) is 3. The molecule has 0 aliphatic carbocycles. The third kappa shape index (κ3) is 2.66. The smallest absolute Gasteiger partial charge is 0.336 e. The number of aromatic carboxylic acids is 1. The molecule has 0 saturated carbocycles. The molecule has 0 saturated heterocycles. The lowest BCUT2D eigenvalue weighted by Gasteiger charge is -2.08. The first-order valence-electron chi connectivity index (χ1n) is 5.99. The van der Waals surface area contributed by atoms with Crippen LogP contribution in [0.1, 0.15) is 21.5 Å². The van der Waals surface area contributed by atoms with Gasteiger partial charge in [0.2, 0.25) is 0 Å². The van der Waals surface area contributed by atoms with Crippen LogP contribution < -0.4 is 0 Å². The van der Waals surface area contributed by atoms with E-state index in [9.17, 15) is 20.0 Å². The van der Waals surface area contributed by atoms with E-state index in [-0.39, 0.29) is 11.3 Å². The minimum absolute atomic E-state index is 0.0656. The van der Waals surface area contributed by atoms with Gasteiger partial charge in [-0.05, 0) is 31.0 Å². The number of benzene rings is 2. The van der Waals surface area contributed by atoms with Gasteiger partial charge in [0, 0.05) is 12.1 Å². The van der Waals surface area contributed by atoms with Crippen molar-refractivity contribution in [3.8, 4) is 11.1 Å². The molecule has 0 bridgehead atoms. The number of nitro groups is 1. The van der Waals surface area contributed by atoms with Crippen molar-refractivity contribution in [3.63, 3.8) is 0 Å². The van der Waals surface area contributed by atoms with E-state index in [2.05, 4.69) is 0 Å². The van der Waals surface area contributed by atoms with Crippen molar-refractivity contribution in [2.24, 2.45) is 0 Å². The van der Waals surface area contributed by atoms with Crippen molar-refractivity contribution in [1.29, 1.82) is 0 Å². The maximum atomic E-state index is 11.3. The van der Waals surface area contributed by atoms with Crippen molar-refractivity contribution < 1.29 is 14.8 Å².